The second kappa shape index (κ2) is 6.06. The largest absolute Gasteiger partial charge is 0.388 e. The molecule has 0 bridgehead atoms. The minimum atomic E-state index is -0.622. The van der Waals surface area contributed by atoms with Crippen LogP contribution in [0.3, 0.4) is 0 Å². The van der Waals surface area contributed by atoms with E-state index in [1.165, 1.54) is 0 Å². The first kappa shape index (κ1) is 15.0. The number of ether oxygens (including phenoxy) is 1. The molecule has 1 N–H and O–H groups in total. The molecule has 1 aliphatic heterocycles. The molecule has 118 valence electrons. The number of carbonyl (C=O) groups excluding carboxylic acids is 1. The number of aliphatic hydroxyl groups is 1. The number of amides is 1. The smallest absolute Gasteiger partial charge is 0.244 e. The fourth-order valence-electron chi connectivity index (χ4n) is 2.78. The minimum Gasteiger partial charge on any atom is -0.388 e. The first-order valence-corrected chi connectivity index (χ1v) is 7.56. The molecule has 2 aromatic rings. The highest BCUT2D eigenvalue weighted by Gasteiger charge is 2.35. The zero-order valence-electron chi connectivity index (χ0n) is 12.8. The topological polar surface area (TPSA) is 67.6 Å². The van der Waals surface area contributed by atoms with Gasteiger partial charge >= 0.3 is 0 Å². The normalized spacial score (nSPS) is 21.9. The van der Waals surface area contributed by atoms with Crippen LogP contribution in [0.2, 0.25) is 0 Å². The lowest BCUT2D eigenvalue weighted by atomic mass is 10.2. The summed E-state index contributed by atoms with van der Waals surface area (Å²) in [4.78, 5) is 14.0. The number of benzene rings is 1. The second-order valence-electron chi connectivity index (χ2n) is 5.97. The van der Waals surface area contributed by atoms with E-state index in [9.17, 15) is 9.90 Å². The van der Waals surface area contributed by atoms with Crippen LogP contribution < -0.4 is 0 Å². The van der Waals surface area contributed by atoms with Gasteiger partial charge in [-0.05, 0) is 19.9 Å². The number of aliphatic hydroxyl groups excluding tert-OH is 1. The number of likely N-dealkylation sites (tertiary alicyclic amines) is 1. The molecule has 6 nitrogen and oxygen atoms in total. The van der Waals surface area contributed by atoms with Crippen LogP contribution in [-0.4, -0.2) is 57.1 Å². The average molecular weight is 303 g/mol. The lowest BCUT2D eigenvalue weighted by Gasteiger charge is -2.18. The highest BCUT2D eigenvalue weighted by molar-refractivity contribution is 5.80. The van der Waals surface area contributed by atoms with Crippen LogP contribution in [0.25, 0.3) is 10.9 Å². The van der Waals surface area contributed by atoms with Crippen molar-refractivity contribution >= 4 is 16.8 Å². The van der Waals surface area contributed by atoms with Crippen molar-refractivity contribution in [2.45, 2.75) is 38.7 Å². The number of carbonyl (C=O) groups is 1. The zero-order valence-corrected chi connectivity index (χ0v) is 12.8. The predicted molar refractivity (Wildman–Crippen MR) is 82.3 cm³/mol. The molecule has 0 saturated carbocycles. The number of β-amino-alcohol motifs (C(OH)–C–C–N with tert-alkyl or cyclic N) is 1. The van der Waals surface area contributed by atoms with E-state index < -0.39 is 6.10 Å². The quantitative estimate of drug-likeness (QED) is 0.916. The Balaban J connectivity index is 1.64. The van der Waals surface area contributed by atoms with E-state index in [-0.39, 0.29) is 24.7 Å². The standard InChI is InChI=1S/C16H21N3O3/c1-11(2)22-15-9-18(8-14(15)20)16(21)10-19-7-12-5-3-4-6-13(12)17-19/h3-7,11,14-15,20H,8-10H2,1-2H3. The molecule has 3 rings (SSSR count). The molecule has 0 aliphatic carbocycles. The molecule has 6 heteroatoms. The molecule has 1 fully saturated rings. The number of hydrogen-bond acceptors (Lipinski definition) is 4. The summed E-state index contributed by atoms with van der Waals surface area (Å²) in [5, 5.41) is 15.4. The highest BCUT2D eigenvalue weighted by Crippen LogP contribution is 2.16. The fraction of sp³-hybridized carbons (Fsp3) is 0.500. The molecular formula is C16H21N3O3. The van der Waals surface area contributed by atoms with Crippen LogP contribution in [-0.2, 0) is 16.1 Å². The summed E-state index contributed by atoms with van der Waals surface area (Å²) in [5.74, 6) is -0.0540. The Morgan fingerprint density at radius 3 is 2.91 bits per heavy atom. The average Bonchev–Trinajstić information content (AvgIpc) is 3.02. The molecular weight excluding hydrogens is 282 g/mol. The van der Waals surface area contributed by atoms with Gasteiger partial charge in [0.2, 0.25) is 5.91 Å². The highest BCUT2D eigenvalue weighted by atomic mass is 16.5. The summed E-state index contributed by atoms with van der Waals surface area (Å²) in [6, 6.07) is 7.75. The van der Waals surface area contributed by atoms with Crippen LogP contribution >= 0.6 is 0 Å². The van der Waals surface area contributed by atoms with Crippen LogP contribution in [0.4, 0.5) is 0 Å². The van der Waals surface area contributed by atoms with Gasteiger partial charge in [-0.1, -0.05) is 18.2 Å². The van der Waals surface area contributed by atoms with Crippen LogP contribution in [0.1, 0.15) is 13.8 Å². The maximum atomic E-state index is 12.4. The van der Waals surface area contributed by atoms with E-state index in [0.29, 0.717) is 13.1 Å². The van der Waals surface area contributed by atoms with Crippen molar-refractivity contribution in [1.29, 1.82) is 0 Å². The van der Waals surface area contributed by atoms with E-state index in [1.807, 2.05) is 44.3 Å². The van der Waals surface area contributed by atoms with Crippen molar-refractivity contribution in [2.24, 2.45) is 0 Å². The second-order valence-corrected chi connectivity index (χ2v) is 5.97. The van der Waals surface area contributed by atoms with Gasteiger partial charge in [-0.25, -0.2) is 0 Å². The summed E-state index contributed by atoms with van der Waals surface area (Å²) in [7, 11) is 0. The van der Waals surface area contributed by atoms with E-state index >= 15 is 0 Å². The van der Waals surface area contributed by atoms with Gasteiger partial charge in [0.1, 0.15) is 12.6 Å². The fourth-order valence-corrected chi connectivity index (χ4v) is 2.78. The van der Waals surface area contributed by atoms with Gasteiger partial charge in [0.05, 0.1) is 17.7 Å². The van der Waals surface area contributed by atoms with Gasteiger partial charge in [-0.15, -0.1) is 0 Å². The summed E-state index contributed by atoms with van der Waals surface area (Å²) < 4.78 is 7.28. The number of rotatable bonds is 4. The Kier molecular flexibility index (Phi) is 4.13. The van der Waals surface area contributed by atoms with Crippen molar-refractivity contribution in [3.63, 3.8) is 0 Å². The molecule has 1 saturated heterocycles. The molecule has 1 amide bonds. The van der Waals surface area contributed by atoms with E-state index in [4.69, 9.17) is 4.74 Å². The Hall–Kier alpha value is -1.92. The summed E-state index contributed by atoms with van der Waals surface area (Å²) >= 11 is 0. The number of aromatic nitrogens is 2. The van der Waals surface area contributed by atoms with Gasteiger partial charge < -0.3 is 14.7 Å². The minimum absolute atomic E-state index is 0.0334. The molecule has 1 aromatic heterocycles. The first-order chi connectivity index (χ1) is 10.5. The monoisotopic (exact) mass is 303 g/mol. The number of nitrogens with zero attached hydrogens (tertiary/aromatic N) is 3. The Bertz CT molecular complexity index is 634. The Labute approximate surface area is 129 Å². The summed E-state index contributed by atoms with van der Waals surface area (Å²) in [6.07, 6.45) is 0.969. The third kappa shape index (κ3) is 3.13. The molecule has 2 unspecified atom stereocenters. The number of hydrogen-bond donors (Lipinski definition) is 1. The molecule has 0 spiro atoms. The third-order valence-corrected chi connectivity index (χ3v) is 3.79. The maximum absolute atomic E-state index is 12.4. The Morgan fingerprint density at radius 1 is 1.41 bits per heavy atom. The summed E-state index contributed by atoms with van der Waals surface area (Å²) in [5.41, 5.74) is 0.873. The first-order valence-electron chi connectivity index (χ1n) is 7.56. The molecule has 22 heavy (non-hydrogen) atoms. The predicted octanol–water partition coefficient (Wildman–Crippen LogP) is 1.03. The van der Waals surface area contributed by atoms with Crippen LogP contribution in [0, 0.1) is 0 Å². The van der Waals surface area contributed by atoms with Crippen molar-refractivity contribution in [3.8, 4) is 0 Å². The lowest BCUT2D eigenvalue weighted by Crippen LogP contribution is -2.33. The number of fused-ring (bicyclic) bond motifs is 1. The van der Waals surface area contributed by atoms with Gasteiger partial charge in [0.15, 0.2) is 0 Å². The van der Waals surface area contributed by atoms with Gasteiger partial charge in [0, 0.05) is 24.7 Å². The van der Waals surface area contributed by atoms with Gasteiger partial charge in [0.25, 0.3) is 0 Å². The Morgan fingerprint density at radius 2 is 2.18 bits per heavy atom. The van der Waals surface area contributed by atoms with Crippen molar-refractivity contribution in [3.05, 3.63) is 30.5 Å². The SMILES string of the molecule is CC(C)OC1CN(C(=O)Cn2cc3ccccc3n2)CC1O. The summed E-state index contributed by atoms with van der Waals surface area (Å²) in [6.45, 7) is 4.77. The maximum Gasteiger partial charge on any atom is 0.244 e. The van der Waals surface area contributed by atoms with Gasteiger partial charge in [-0.3, -0.25) is 9.48 Å². The van der Waals surface area contributed by atoms with Crippen LogP contribution in [0.5, 0.6) is 0 Å². The van der Waals surface area contributed by atoms with Crippen molar-refractivity contribution in [1.82, 2.24) is 14.7 Å². The molecule has 2 heterocycles. The van der Waals surface area contributed by atoms with Crippen LogP contribution in [0.15, 0.2) is 30.5 Å². The molecule has 1 aliphatic rings. The molecule has 0 radical (unpaired) electrons. The third-order valence-electron chi connectivity index (χ3n) is 3.79. The van der Waals surface area contributed by atoms with E-state index in [1.54, 1.807) is 9.58 Å². The molecule has 2 atom stereocenters. The van der Waals surface area contributed by atoms with Crippen molar-refractivity contribution in [2.75, 3.05) is 13.1 Å². The van der Waals surface area contributed by atoms with Gasteiger partial charge in [-0.2, -0.15) is 5.10 Å². The lowest BCUT2D eigenvalue weighted by molar-refractivity contribution is -0.131. The van der Waals surface area contributed by atoms with E-state index in [0.717, 1.165) is 10.9 Å². The molecule has 1 aromatic carbocycles. The van der Waals surface area contributed by atoms with E-state index in [2.05, 4.69) is 5.10 Å². The van der Waals surface area contributed by atoms with Crippen molar-refractivity contribution < 1.29 is 14.6 Å². The zero-order chi connectivity index (χ0) is 15.7.